The van der Waals surface area contributed by atoms with Crippen LogP contribution in [0.25, 0.3) is 0 Å². The number of nitrogen functional groups attached to an aromatic ring is 2. The van der Waals surface area contributed by atoms with Crippen LogP contribution in [0, 0.1) is 0 Å². The summed E-state index contributed by atoms with van der Waals surface area (Å²) in [5.41, 5.74) is 12.2. The molecular formula is C8H10N6O2. The van der Waals surface area contributed by atoms with Crippen molar-refractivity contribution in [2.45, 2.75) is 6.17 Å². The fourth-order valence-electron chi connectivity index (χ4n) is 0.762. The SMILES string of the molecule is Nc1ccc(N)cc1.O=C(O)C1N=NN=N1. The third-order valence-electron chi connectivity index (χ3n) is 1.52. The van der Waals surface area contributed by atoms with Crippen molar-refractivity contribution in [2.24, 2.45) is 20.7 Å². The van der Waals surface area contributed by atoms with Crippen molar-refractivity contribution >= 4 is 17.3 Å². The highest BCUT2D eigenvalue weighted by atomic mass is 16.4. The zero-order chi connectivity index (χ0) is 12.0. The number of hydrogen-bond acceptors (Lipinski definition) is 7. The van der Waals surface area contributed by atoms with E-state index >= 15 is 0 Å². The fourth-order valence-corrected chi connectivity index (χ4v) is 0.762. The van der Waals surface area contributed by atoms with Gasteiger partial charge in [-0.25, -0.2) is 4.79 Å². The third kappa shape index (κ3) is 3.70. The molecule has 0 atom stereocenters. The van der Waals surface area contributed by atoms with E-state index in [0.29, 0.717) is 0 Å². The van der Waals surface area contributed by atoms with Gasteiger partial charge in [0, 0.05) is 11.4 Å². The molecule has 0 radical (unpaired) electrons. The molecule has 2 rings (SSSR count). The van der Waals surface area contributed by atoms with E-state index in [9.17, 15) is 4.79 Å². The van der Waals surface area contributed by atoms with Crippen LogP contribution in [-0.2, 0) is 4.79 Å². The molecule has 0 aliphatic carbocycles. The molecule has 0 saturated heterocycles. The molecular weight excluding hydrogens is 212 g/mol. The van der Waals surface area contributed by atoms with Gasteiger partial charge in [0.25, 0.3) is 6.17 Å². The summed E-state index contributed by atoms with van der Waals surface area (Å²) in [6.45, 7) is 0. The van der Waals surface area contributed by atoms with E-state index in [2.05, 4.69) is 20.7 Å². The van der Waals surface area contributed by atoms with Gasteiger partial charge in [-0.05, 0) is 34.7 Å². The van der Waals surface area contributed by atoms with Crippen molar-refractivity contribution < 1.29 is 9.90 Å². The Morgan fingerprint density at radius 2 is 1.44 bits per heavy atom. The average molecular weight is 222 g/mol. The number of hydrogen-bond donors (Lipinski definition) is 3. The van der Waals surface area contributed by atoms with Crippen LogP contribution in [0.4, 0.5) is 11.4 Å². The smallest absolute Gasteiger partial charge is 0.355 e. The molecule has 0 unspecified atom stereocenters. The first kappa shape index (κ1) is 11.6. The predicted molar refractivity (Wildman–Crippen MR) is 56.4 cm³/mol. The van der Waals surface area contributed by atoms with E-state index in [-0.39, 0.29) is 0 Å². The van der Waals surface area contributed by atoms with Crippen molar-refractivity contribution in [3.63, 3.8) is 0 Å². The van der Waals surface area contributed by atoms with Gasteiger partial charge in [0.1, 0.15) is 0 Å². The van der Waals surface area contributed by atoms with Crippen LogP contribution in [0.2, 0.25) is 0 Å². The molecule has 0 bridgehead atoms. The summed E-state index contributed by atoms with van der Waals surface area (Å²) in [6, 6.07) is 7.09. The average Bonchev–Trinajstić information content (AvgIpc) is 2.77. The molecule has 0 amide bonds. The standard InChI is InChI=1S/C6H8N2.C2H2N4O2/c7-5-1-2-6(8)4-3-5;7-2(8)1-3-5-6-4-1/h1-4H,7-8H2;1H,(H,7,8). The van der Waals surface area contributed by atoms with Gasteiger partial charge in [-0.15, -0.1) is 10.2 Å². The Labute approximate surface area is 90.7 Å². The number of anilines is 2. The summed E-state index contributed by atoms with van der Waals surface area (Å²) in [5, 5.41) is 20.3. The maximum absolute atomic E-state index is 9.89. The van der Waals surface area contributed by atoms with Crippen molar-refractivity contribution in [1.29, 1.82) is 0 Å². The van der Waals surface area contributed by atoms with Crippen molar-refractivity contribution in [3.05, 3.63) is 24.3 Å². The molecule has 1 aromatic carbocycles. The lowest BCUT2D eigenvalue weighted by atomic mass is 10.3. The Morgan fingerprint density at radius 3 is 1.69 bits per heavy atom. The lowest BCUT2D eigenvalue weighted by Gasteiger charge is -1.90. The van der Waals surface area contributed by atoms with Crippen molar-refractivity contribution in [1.82, 2.24) is 0 Å². The van der Waals surface area contributed by atoms with Crippen LogP contribution in [0.3, 0.4) is 0 Å². The lowest BCUT2D eigenvalue weighted by molar-refractivity contribution is -0.138. The number of nitrogens with zero attached hydrogens (tertiary/aromatic N) is 4. The number of benzene rings is 1. The van der Waals surface area contributed by atoms with E-state index in [1.165, 1.54) is 0 Å². The zero-order valence-corrected chi connectivity index (χ0v) is 8.19. The fraction of sp³-hybridized carbons (Fsp3) is 0.125. The van der Waals surface area contributed by atoms with Gasteiger partial charge in [-0.1, -0.05) is 0 Å². The second-order valence-corrected chi connectivity index (χ2v) is 2.79. The first-order chi connectivity index (χ1) is 7.59. The molecule has 16 heavy (non-hydrogen) atoms. The molecule has 1 aliphatic heterocycles. The highest BCUT2D eigenvalue weighted by molar-refractivity contribution is 5.73. The normalized spacial score (nSPS) is 13.2. The van der Waals surface area contributed by atoms with Gasteiger partial charge in [0.2, 0.25) is 0 Å². The number of carboxylic acid groups (broad SMARTS) is 1. The molecule has 1 heterocycles. The number of carbonyl (C=O) groups is 1. The van der Waals surface area contributed by atoms with E-state index in [0.717, 1.165) is 11.4 Å². The van der Waals surface area contributed by atoms with Crippen LogP contribution in [0.5, 0.6) is 0 Å². The second-order valence-electron chi connectivity index (χ2n) is 2.79. The molecule has 0 aromatic heterocycles. The molecule has 0 spiro atoms. The first-order valence-corrected chi connectivity index (χ1v) is 4.23. The quantitative estimate of drug-likeness (QED) is 0.611. The summed E-state index contributed by atoms with van der Waals surface area (Å²) < 4.78 is 0. The van der Waals surface area contributed by atoms with E-state index < -0.39 is 12.1 Å². The van der Waals surface area contributed by atoms with Gasteiger partial charge < -0.3 is 16.6 Å². The topological polar surface area (TPSA) is 139 Å². The van der Waals surface area contributed by atoms with E-state index in [4.69, 9.17) is 16.6 Å². The Kier molecular flexibility index (Phi) is 3.90. The maximum Gasteiger partial charge on any atom is 0.355 e. The Hall–Kier alpha value is -2.51. The number of aliphatic carboxylic acids is 1. The predicted octanol–water partition coefficient (Wildman–Crippen LogP) is 1.08. The minimum atomic E-state index is -1.13. The maximum atomic E-state index is 9.89. The molecule has 8 nitrogen and oxygen atoms in total. The van der Waals surface area contributed by atoms with Crippen LogP contribution < -0.4 is 11.5 Å². The molecule has 0 saturated carbocycles. The highest BCUT2D eigenvalue weighted by Gasteiger charge is 2.17. The molecule has 8 heteroatoms. The molecule has 1 aromatic rings. The molecule has 0 fully saturated rings. The van der Waals surface area contributed by atoms with Gasteiger partial charge in [0.15, 0.2) is 0 Å². The summed E-state index contributed by atoms with van der Waals surface area (Å²) in [4.78, 5) is 9.89. The third-order valence-corrected chi connectivity index (χ3v) is 1.52. The Morgan fingerprint density at radius 1 is 1.06 bits per heavy atom. The van der Waals surface area contributed by atoms with Crippen LogP contribution in [-0.4, -0.2) is 17.2 Å². The summed E-state index contributed by atoms with van der Waals surface area (Å²) in [6.07, 6.45) is -1.10. The first-order valence-electron chi connectivity index (χ1n) is 4.23. The summed E-state index contributed by atoms with van der Waals surface area (Å²) in [7, 11) is 0. The number of rotatable bonds is 1. The van der Waals surface area contributed by atoms with Crippen molar-refractivity contribution in [2.75, 3.05) is 11.5 Å². The van der Waals surface area contributed by atoms with Gasteiger partial charge in [0.05, 0.1) is 0 Å². The number of nitrogens with two attached hydrogens (primary N) is 2. The van der Waals surface area contributed by atoms with Crippen molar-refractivity contribution in [3.8, 4) is 0 Å². The zero-order valence-electron chi connectivity index (χ0n) is 8.19. The monoisotopic (exact) mass is 222 g/mol. The molecule has 5 N–H and O–H groups in total. The molecule has 1 aliphatic rings. The van der Waals surface area contributed by atoms with Crippen LogP contribution in [0.1, 0.15) is 0 Å². The summed E-state index contributed by atoms with van der Waals surface area (Å²) in [5.74, 6) is -1.13. The summed E-state index contributed by atoms with van der Waals surface area (Å²) >= 11 is 0. The van der Waals surface area contributed by atoms with Crippen LogP contribution >= 0.6 is 0 Å². The Balaban J connectivity index is 0.000000160. The largest absolute Gasteiger partial charge is 0.478 e. The minimum Gasteiger partial charge on any atom is -0.478 e. The second kappa shape index (κ2) is 5.39. The molecule has 84 valence electrons. The highest BCUT2D eigenvalue weighted by Crippen LogP contribution is 2.05. The van der Waals surface area contributed by atoms with E-state index in [1.807, 2.05) is 0 Å². The lowest BCUT2D eigenvalue weighted by Crippen LogP contribution is -2.11. The van der Waals surface area contributed by atoms with Crippen LogP contribution in [0.15, 0.2) is 44.9 Å². The van der Waals surface area contributed by atoms with E-state index in [1.54, 1.807) is 24.3 Å². The number of carboxylic acids is 1. The Bertz CT molecular complexity index is 380. The van der Waals surface area contributed by atoms with Gasteiger partial charge in [-0.3, -0.25) is 0 Å². The van der Waals surface area contributed by atoms with Gasteiger partial charge >= 0.3 is 5.97 Å². The minimum absolute atomic E-state index is 0.749. The van der Waals surface area contributed by atoms with Gasteiger partial charge in [-0.2, -0.15) is 0 Å².